The molecular weight excluding hydrogens is 615 g/mol. The van der Waals surface area contributed by atoms with Gasteiger partial charge >= 0.3 is 0 Å². The van der Waals surface area contributed by atoms with E-state index in [9.17, 15) is 0 Å². The molecule has 3 nitrogen and oxygen atoms in total. The minimum atomic E-state index is 0.648. The van der Waals surface area contributed by atoms with Gasteiger partial charge in [0.15, 0.2) is 17.5 Å². The van der Waals surface area contributed by atoms with Crippen molar-refractivity contribution in [3.63, 3.8) is 0 Å². The van der Waals surface area contributed by atoms with Crippen LogP contribution in [0.1, 0.15) is 0 Å². The van der Waals surface area contributed by atoms with E-state index in [0.29, 0.717) is 17.5 Å². The summed E-state index contributed by atoms with van der Waals surface area (Å²) in [5.41, 5.74) is 10.1. The fourth-order valence-corrected chi connectivity index (χ4v) is 7.99. The van der Waals surface area contributed by atoms with Crippen LogP contribution in [0.25, 0.3) is 87.7 Å². The van der Waals surface area contributed by atoms with Crippen LogP contribution in [0.4, 0.5) is 0 Å². The van der Waals surface area contributed by atoms with E-state index >= 15 is 0 Å². The first-order valence-electron chi connectivity index (χ1n) is 16.4. The van der Waals surface area contributed by atoms with Crippen molar-refractivity contribution in [3.8, 4) is 67.5 Å². The van der Waals surface area contributed by atoms with Crippen molar-refractivity contribution >= 4 is 31.5 Å². The molecule has 0 aliphatic rings. The molecule has 49 heavy (non-hydrogen) atoms. The number of aromatic nitrogens is 3. The number of hydrogen-bond donors (Lipinski definition) is 0. The molecule has 0 bridgehead atoms. The van der Waals surface area contributed by atoms with Gasteiger partial charge in [-0.25, -0.2) is 15.0 Å². The van der Waals surface area contributed by atoms with Crippen LogP contribution in [0.2, 0.25) is 0 Å². The summed E-state index contributed by atoms with van der Waals surface area (Å²) in [4.78, 5) is 14.9. The van der Waals surface area contributed by atoms with Gasteiger partial charge in [-0.3, -0.25) is 0 Å². The Morgan fingerprint density at radius 2 is 0.735 bits per heavy atom. The highest BCUT2D eigenvalue weighted by atomic mass is 32.1. The number of fused-ring (bicyclic) bond motifs is 3. The van der Waals surface area contributed by atoms with Crippen LogP contribution >= 0.6 is 11.3 Å². The van der Waals surface area contributed by atoms with E-state index in [0.717, 1.165) is 22.3 Å². The predicted octanol–water partition coefficient (Wildman–Crippen LogP) is 12.2. The van der Waals surface area contributed by atoms with Crippen molar-refractivity contribution in [1.29, 1.82) is 0 Å². The quantitative estimate of drug-likeness (QED) is 0.181. The second-order valence-electron chi connectivity index (χ2n) is 12.0. The second-order valence-corrected chi connectivity index (χ2v) is 13.0. The van der Waals surface area contributed by atoms with Gasteiger partial charge in [0, 0.05) is 36.9 Å². The minimum absolute atomic E-state index is 0.648. The summed E-state index contributed by atoms with van der Waals surface area (Å²) in [5, 5.41) is 2.56. The molecule has 0 atom stereocenters. The molecule has 0 N–H and O–H groups in total. The third-order valence-corrected chi connectivity index (χ3v) is 10.2. The van der Waals surface area contributed by atoms with Crippen LogP contribution in [-0.2, 0) is 0 Å². The Hall–Kier alpha value is -6.23. The summed E-state index contributed by atoms with van der Waals surface area (Å²) in [6.07, 6.45) is 0. The predicted molar refractivity (Wildman–Crippen MR) is 205 cm³/mol. The number of benzene rings is 7. The first kappa shape index (κ1) is 29.0. The fourth-order valence-electron chi connectivity index (χ4n) is 6.60. The van der Waals surface area contributed by atoms with Crippen LogP contribution < -0.4 is 0 Å². The molecule has 2 heterocycles. The van der Waals surface area contributed by atoms with Gasteiger partial charge in [-0.05, 0) is 39.4 Å². The molecule has 9 aromatic rings. The molecule has 0 aliphatic carbocycles. The molecule has 0 fully saturated rings. The van der Waals surface area contributed by atoms with Gasteiger partial charge in [0.2, 0.25) is 0 Å². The Kier molecular flexibility index (Phi) is 7.34. The number of hydrogen-bond acceptors (Lipinski definition) is 4. The zero-order chi connectivity index (χ0) is 32.6. The number of thiophene rings is 1. The molecular formula is C45H29N3S. The molecule has 0 saturated carbocycles. The summed E-state index contributed by atoms with van der Waals surface area (Å²) < 4.78 is 2.56. The lowest BCUT2D eigenvalue weighted by atomic mass is 9.93. The van der Waals surface area contributed by atoms with Crippen molar-refractivity contribution < 1.29 is 0 Å². The van der Waals surface area contributed by atoms with E-state index in [1.54, 1.807) is 0 Å². The van der Waals surface area contributed by atoms with Gasteiger partial charge in [-0.2, -0.15) is 0 Å². The van der Waals surface area contributed by atoms with Gasteiger partial charge in [0.05, 0.1) is 0 Å². The summed E-state index contributed by atoms with van der Waals surface area (Å²) in [7, 11) is 0. The summed E-state index contributed by atoms with van der Waals surface area (Å²) in [5.74, 6) is 1.96. The molecule has 0 amide bonds. The first-order valence-corrected chi connectivity index (χ1v) is 17.2. The second kappa shape index (κ2) is 12.4. The Morgan fingerprint density at radius 1 is 0.306 bits per heavy atom. The first-order chi connectivity index (χ1) is 24.3. The minimum Gasteiger partial charge on any atom is -0.208 e. The van der Waals surface area contributed by atoms with Crippen LogP contribution in [0, 0.1) is 0 Å². The maximum Gasteiger partial charge on any atom is 0.164 e. The fraction of sp³-hybridized carbons (Fsp3) is 0. The van der Waals surface area contributed by atoms with Crippen molar-refractivity contribution in [1.82, 2.24) is 15.0 Å². The third kappa shape index (κ3) is 5.38. The van der Waals surface area contributed by atoms with E-state index in [4.69, 9.17) is 15.0 Å². The van der Waals surface area contributed by atoms with Crippen LogP contribution in [0.5, 0.6) is 0 Å². The molecule has 9 rings (SSSR count). The van der Waals surface area contributed by atoms with E-state index in [2.05, 4.69) is 115 Å². The van der Waals surface area contributed by atoms with Gasteiger partial charge in [0.25, 0.3) is 0 Å². The van der Waals surface area contributed by atoms with E-state index < -0.39 is 0 Å². The standard InChI is InChI=1S/C45H29N3S/c1-5-15-30(16-6-1)36-27-28-38(42-40(36)39-26-14-25-37(41(39)49-42)31-17-7-2-8-18-31)34-23-13-24-35(29-34)45-47-43(32-19-9-3-10-20-32)46-44(48-45)33-21-11-4-12-22-33/h1-29H. The highest BCUT2D eigenvalue weighted by molar-refractivity contribution is 7.27. The highest BCUT2D eigenvalue weighted by Crippen LogP contribution is 2.47. The van der Waals surface area contributed by atoms with Crippen molar-refractivity contribution in [2.45, 2.75) is 0 Å². The smallest absolute Gasteiger partial charge is 0.164 e. The molecule has 0 saturated heterocycles. The van der Waals surface area contributed by atoms with Crippen molar-refractivity contribution in [3.05, 3.63) is 176 Å². The topological polar surface area (TPSA) is 38.7 Å². The molecule has 7 aromatic carbocycles. The van der Waals surface area contributed by atoms with Gasteiger partial charge < -0.3 is 0 Å². The Bertz CT molecular complexity index is 2520. The zero-order valence-corrected chi connectivity index (χ0v) is 27.3. The highest BCUT2D eigenvalue weighted by Gasteiger charge is 2.19. The molecule has 0 aliphatic heterocycles. The average molecular weight is 644 g/mol. The molecule has 0 spiro atoms. The number of rotatable bonds is 6. The Labute approximate surface area is 288 Å². The maximum absolute atomic E-state index is 5.01. The lowest BCUT2D eigenvalue weighted by molar-refractivity contribution is 1.07. The third-order valence-electron chi connectivity index (χ3n) is 8.95. The lowest BCUT2D eigenvalue weighted by Gasteiger charge is -2.11. The van der Waals surface area contributed by atoms with Crippen LogP contribution in [0.3, 0.4) is 0 Å². The molecule has 2 aromatic heterocycles. The maximum atomic E-state index is 5.01. The SMILES string of the molecule is c1ccc(-c2nc(-c3ccccc3)nc(-c3cccc(-c4ccc(-c5ccccc5)c5c4sc4c(-c6ccccc6)cccc45)c3)n2)cc1. The summed E-state index contributed by atoms with van der Waals surface area (Å²) in [6.45, 7) is 0. The van der Waals surface area contributed by atoms with Gasteiger partial charge in [-0.1, -0.05) is 170 Å². The van der Waals surface area contributed by atoms with Crippen LogP contribution in [-0.4, -0.2) is 15.0 Å². The monoisotopic (exact) mass is 643 g/mol. The molecule has 0 radical (unpaired) electrons. The van der Waals surface area contributed by atoms with E-state index in [1.165, 1.54) is 48.0 Å². The van der Waals surface area contributed by atoms with Crippen molar-refractivity contribution in [2.24, 2.45) is 0 Å². The molecule has 0 unspecified atom stereocenters. The van der Waals surface area contributed by atoms with Gasteiger partial charge in [-0.15, -0.1) is 11.3 Å². The van der Waals surface area contributed by atoms with E-state index in [1.807, 2.05) is 72.0 Å². The average Bonchev–Trinajstić information content (AvgIpc) is 3.59. The van der Waals surface area contributed by atoms with Crippen LogP contribution in [0.15, 0.2) is 176 Å². The normalized spacial score (nSPS) is 11.3. The zero-order valence-electron chi connectivity index (χ0n) is 26.5. The Balaban J connectivity index is 1.25. The largest absolute Gasteiger partial charge is 0.208 e. The molecule has 4 heteroatoms. The summed E-state index contributed by atoms with van der Waals surface area (Å²) >= 11 is 1.87. The molecule has 230 valence electrons. The van der Waals surface area contributed by atoms with Crippen molar-refractivity contribution in [2.75, 3.05) is 0 Å². The lowest BCUT2D eigenvalue weighted by Crippen LogP contribution is -2.00. The Morgan fingerprint density at radius 3 is 1.33 bits per heavy atom. The van der Waals surface area contributed by atoms with E-state index in [-0.39, 0.29) is 0 Å². The van der Waals surface area contributed by atoms with Gasteiger partial charge in [0.1, 0.15) is 0 Å². The summed E-state index contributed by atoms with van der Waals surface area (Å²) in [6, 6.07) is 61.5. The number of nitrogens with zero attached hydrogens (tertiary/aromatic N) is 3.